The fraction of sp³-hybridized carbons (Fsp3) is 0.240. The van der Waals surface area contributed by atoms with Crippen molar-refractivity contribution in [3.05, 3.63) is 98.1 Å². The Morgan fingerprint density at radius 1 is 1.13 bits per heavy atom. The molecule has 0 spiro atoms. The first kappa shape index (κ1) is 21.5. The zero-order valence-corrected chi connectivity index (χ0v) is 18.7. The maximum atomic E-state index is 9.90. The average Bonchev–Trinajstić information content (AvgIpc) is 2.76. The molecule has 0 fully saturated rings. The van der Waals surface area contributed by atoms with Crippen LogP contribution in [0.15, 0.2) is 76.9 Å². The van der Waals surface area contributed by atoms with Gasteiger partial charge in [-0.1, -0.05) is 66.5 Å². The zero-order valence-electron chi connectivity index (χ0n) is 17.2. The van der Waals surface area contributed by atoms with Crippen LogP contribution in [0.2, 0.25) is 10.0 Å². The van der Waals surface area contributed by atoms with Crippen molar-refractivity contribution in [2.24, 2.45) is 5.73 Å². The minimum absolute atomic E-state index is 0.125. The van der Waals surface area contributed by atoms with Gasteiger partial charge in [-0.25, -0.2) is 0 Å². The van der Waals surface area contributed by atoms with Crippen molar-refractivity contribution < 1.29 is 4.74 Å². The van der Waals surface area contributed by atoms with Gasteiger partial charge in [-0.3, -0.25) is 4.90 Å². The van der Waals surface area contributed by atoms with Crippen molar-refractivity contribution in [1.82, 2.24) is 4.90 Å². The van der Waals surface area contributed by atoms with Crippen molar-refractivity contribution in [3.8, 4) is 6.07 Å². The summed E-state index contributed by atoms with van der Waals surface area (Å²) in [5.41, 5.74) is 10.4. The molecule has 0 aromatic heterocycles. The van der Waals surface area contributed by atoms with Gasteiger partial charge in [0.25, 0.3) is 0 Å². The van der Waals surface area contributed by atoms with Crippen LogP contribution in [0.25, 0.3) is 6.08 Å². The molecule has 0 radical (unpaired) electrons. The third kappa shape index (κ3) is 4.22. The van der Waals surface area contributed by atoms with Crippen molar-refractivity contribution in [2.45, 2.75) is 19.3 Å². The summed E-state index contributed by atoms with van der Waals surface area (Å²) < 4.78 is 6.07. The normalized spacial score (nSPS) is 20.5. The summed E-state index contributed by atoms with van der Waals surface area (Å²) in [6, 6.07) is 17.6. The summed E-state index contributed by atoms with van der Waals surface area (Å²) >= 11 is 13.0. The van der Waals surface area contributed by atoms with E-state index in [1.807, 2.05) is 54.6 Å². The van der Waals surface area contributed by atoms with E-state index in [2.05, 4.69) is 17.9 Å². The number of rotatable bonds is 4. The van der Waals surface area contributed by atoms with E-state index in [1.54, 1.807) is 0 Å². The zero-order chi connectivity index (χ0) is 22.0. The molecular weight excluding hydrogens is 429 g/mol. The van der Waals surface area contributed by atoms with Gasteiger partial charge < -0.3 is 10.5 Å². The number of benzene rings is 2. The number of nitriles is 1. The Hall–Kier alpha value is -2.71. The van der Waals surface area contributed by atoms with Gasteiger partial charge in [0.1, 0.15) is 17.4 Å². The lowest BCUT2D eigenvalue weighted by Gasteiger charge is -2.38. The van der Waals surface area contributed by atoms with E-state index in [0.29, 0.717) is 34.5 Å². The van der Waals surface area contributed by atoms with Gasteiger partial charge in [-0.2, -0.15) is 5.26 Å². The van der Waals surface area contributed by atoms with E-state index in [1.165, 1.54) is 0 Å². The summed E-state index contributed by atoms with van der Waals surface area (Å²) in [5.74, 6) is 0.491. The molecule has 2 aliphatic heterocycles. The fourth-order valence-electron chi connectivity index (χ4n) is 4.26. The van der Waals surface area contributed by atoms with E-state index < -0.39 is 0 Å². The van der Waals surface area contributed by atoms with Gasteiger partial charge in [-0.05, 0) is 47.9 Å². The fourth-order valence-corrected chi connectivity index (χ4v) is 4.70. The number of hydrogen-bond donors (Lipinski definition) is 1. The number of nitrogens with two attached hydrogens (primary N) is 1. The van der Waals surface area contributed by atoms with Gasteiger partial charge in [0.05, 0.1) is 5.92 Å². The minimum Gasteiger partial charge on any atom is -0.440 e. The first-order valence-electron chi connectivity index (χ1n) is 10.3. The Balaban J connectivity index is 1.91. The predicted octanol–water partition coefficient (Wildman–Crippen LogP) is 5.86. The first-order valence-corrected chi connectivity index (χ1v) is 11.0. The highest BCUT2D eigenvalue weighted by molar-refractivity contribution is 6.32. The molecule has 2 aromatic carbocycles. The third-order valence-electron chi connectivity index (χ3n) is 5.60. The van der Waals surface area contributed by atoms with Gasteiger partial charge in [0, 0.05) is 28.7 Å². The van der Waals surface area contributed by atoms with Crippen LogP contribution in [0.3, 0.4) is 0 Å². The molecule has 0 amide bonds. The molecule has 2 aromatic rings. The standard InChI is InChI=1S/C25H23Cl2N3O/c1-2-11-30-14-17(12-16-7-3-5-9-21(16)26)24-20(15-30)23(19(13-28)25(29)31-24)18-8-4-6-10-22(18)27/h3-10,12,23H,2,11,14-15,29H2,1H3/b17-12-/t23-/m0/s1. The van der Waals surface area contributed by atoms with Crippen LogP contribution < -0.4 is 5.73 Å². The second kappa shape index (κ2) is 9.20. The Labute approximate surface area is 192 Å². The van der Waals surface area contributed by atoms with Crippen molar-refractivity contribution in [1.29, 1.82) is 5.26 Å². The molecule has 2 aliphatic rings. The van der Waals surface area contributed by atoms with Gasteiger partial charge >= 0.3 is 0 Å². The molecule has 6 heteroatoms. The van der Waals surface area contributed by atoms with Crippen molar-refractivity contribution in [3.63, 3.8) is 0 Å². The molecule has 0 aliphatic carbocycles. The van der Waals surface area contributed by atoms with Crippen LogP contribution in [-0.2, 0) is 4.74 Å². The maximum Gasteiger partial charge on any atom is 0.205 e. The molecule has 4 rings (SSSR count). The van der Waals surface area contributed by atoms with E-state index in [0.717, 1.165) is 35.2 Å². The molecule has 0 saturated carbocycles. The Kier molecular flexibility index (Phi) is 6.38. The Morgan fingerprint density at radius 3 is 2.52 bits per heavy atom. The van der Waals surface area contributed by atoms with Crippen molar-refractivity contribution >= 4 is 29.3 Å². The van der Waals surface area contributed by atoms with E-state index in [4.69, 9.17) is 33.7 Å². The van der Waals surface area contributed by atoms with Gasteiger partial charge in [0.2, 0.25) is 5.88 Å². The lowest BCUT2D eigenvalue weighted by Crippen LogP contribution is -2.38. The summed E-state index contributed by atoms with van der Waals surface area (Å²) in [5, 5.41) is 11.2. The van der Waals surface area contributed by atoms with Gasteiger partial charge in [0.15, 0.2) is 0 Å². The Bertz CT molecular complexity index is 1140. The van der Waals surface area contributed by atoms with Crippen LogP contribution in [0.5, 0.6) is 0 Å². The van der Waals surface area contributed by atoms with E-state index >= 15 is 0 Å². The summed E-state index contributed by atoms with van der Waals surface area (Å²) in [4.78, 5) is 2.35. The lowest BCUT2D eigenvalue weighted by atomic mass is 9.80. The molecule has 2 heterocycles. The van der Waals surface area contributed by atoms with Crippen LogP contribution in [0.4, 0.5) is 0 Å². The molecule has 2 N–H and O–H groups in total. The predicted molar refractivity (Wildman–Crippen MR) is 125 cm³/mol. The van der Waals surface area contributed by atoms with Crippen LogP contribution >= 0.6 is 23.2 Å². The quantitative estimate of drug-likeness (QED) is 0.631. The summed E-state index contributed by atoms with van der Waals surface area (Å²) in [7, 11) is 0. The topological polar surface area (TPSA) is 62.3 Å². The molecule has 31 heavy (non-hydrogen) atoms. The average molecular weight is 452 g/mol. The highest BCUT2D eigenvalue weighted by Crippen LogP contribution is 2.45. The molecule has 0 saturated heterocycles. The minimum atomic E-state index is -0.350. The van der Waals surface area contributed by atoms with Crippen LogP contribution in [0, 0.1) is 11.3 Å². The Morgan fingerprint density at radius 2 is 1.84 bits per heavy atom. The SMILES string of the molecule is CCCN1CC2=C(OC(N)=C(C#N)[C@@H]2c2ccccc2Cl)/C(=C\c2ccccc2Cl)C1. The molecule has 1 atom stereocenters. The molecule has 0 bridgehead atoms. The molecule has 158 valence electrons. The maximum absolute atomic E-state index is 9.90. The number of hydrogen-bond acceptors (Lipinski definition) is 4. The highest BCUT2D eigenvalue weighted by atomic mass is 35.5. The number of halogens is 2. The second-order valence-corrected chi connectivity index (χ2v) is 8.52. The molecule has 4 nitrogen and oxygen atoms in total. The smallest absolute Gasteiger partial charge is 0.205 e. The molecular formula is C25H23Cl2N3O. The summed E-state index contributed by atoms with van der Waals surface area (Å²) in [6.45, 7) is 4.47. The van der Waals surface area contributed by atoms with Crippen LogP contribution in [-0.4, -0.2) is 24.5 Å². The third-order valence-corrected chi connectivity index (χ3v) is 6.29. The second-order valence-electron chi connectivity index (χ2n) is 7.70. The van der Waals surface area contributed by atoms with Gasteiger partial charge in [-0.15, -0.1) is 0 Å². The van der Waals surface area contributed by atoms with E-state index in [-0.39, 0.29) is 11.8 Å². The number of allylic oxidation sites excluding steroid dienone is 1. The first-order chi connectivity index (χ1) is 15.0. The monoisotopic (exact) mass is 451 g/mol. The van der Waals surface area contributed by atoms with Crippen LogP contribution in [0.1, 0.15) is 30.4 Å². The number of ether oxygens (including phenoxy) is 1. The molecule has 0 unspecified atom stereocenters. The highest BCUT2D eigenvalue weighted by Gasteiger charge is 2.38. The van der Waals surface area contributed by atoms with E-state index in [9.17, 15) is 5.26 Å². The lowest BCUT2D eigenvalue weighted by molar-refractivity contribution is 0.234. The summed E-state index contributed by atoms with van der Waals surface area (Å²) in [6.07, 6.45) is 3.07. The van der Waals surface area contributed by atoms with Crippen molar-refractivity contribution in [2.75, 3.05) is 19.6 Å². The number of nitrogens with zero attached hydrogens (tertiary/aromatic N) is 2. The largest absolute Gasteiger partial charge is 0.440 e.